The maximum absolute atomic E-state index is 10.9. The Bertz CT molecular complexity index is 159. The molecule has 1 N–H and O–H groups in total. The van der Waals surface area contributed by atoms with Gasteiger partial charge < -0.3 is 5.32 Å². The van der Waals surface area contributed by atoms with Crippen LogP contribution >= 0.6 is 0 Å². The minimum absolute atomic E-state index is 0.0724. The van der Waals surface area contributed by atoms with E-state index in [0.29, 0.717) is 5.57 Å². The number of amides is 1. The van der Waals surface area contributed by atoms with Gasteiger partial charge in [-0.3, -0.25) is 4.79 Å². The molecule has 0 aromatic heterocycles. The monoisotopic (exact) mass is 139 g/mol. The first-order valence-electron chi connectivity index (χ1n) is 3.31. The van der Waals surface area contributed by atoms with Gasteiger partial charge in [0.1, 0.15) is 0 Å². The maximum atomic E-state index is 10.9. The van der Waals surface area contributed by atoms with Gasteiger partial charge in [-0.1, -0.05) is 25.7 Å². The van der Waals surface area contributed by atoms with E-state index in [1.807, 2.05) is 13.0 Å². The standard InChI is InChI=1S/C8H13NO/c1-4-6-7(5-2)8(10)9-3/h5-6H,2,4H2,1,3H3,(H,9,10)/b7-6-. The molecule has 0 aromatic carbocycles. The third kappa shape index (κ3) is 2.49. The zero-order chi connectivity index (χ0) is 7.98. The van der Waals surface area contributed by atoms with Crippen molar-refractivity contribution in [2.24, 2.45) is 0 Å². The van der Waals surface area contributed by atoms with Crippen LogP contribution in [0, 0.1) is 0 Å². The van der Waals surface area contributed by atoms with E-state index in [2.05, 4.69) is 11.9 Å². The fraction of sp³-hybridized carbons (Fsp3) is 0.375. The summed E-state index contributed by atoms with van der Waals surface area (Å²) in [5.74, 6) is -0.0724. The summed E-state index contributed by atoms with van der Waals surface area (Å²) in [6.45, 7) is 5.50. The molecule has 2 nitrogen and oxygen atoms in total. The highest BCUT2D eigenvalue weighted by Gasteiger charge is 1.99. The minimum Gasteiger partial charge on any atom is -0.355 e. The van der Waals surface area contributed by atoms with Crippen molar-refractivity contribution in [3.63, 3.8) is 0 Å². The molecular formula is C8H13NO. The lowest BCUT2D eigenvalue weighted by atomic mass is 10.2. The van der Waals surface area contributed by atoms with E-state index in [4.69, 9.17) is 0 Å². The molecule has 0 atom stereocenters. The number of allylic oxidation sites excluding steroid dienone is 1. The second kappa shape index (κ2) is 4.79. The van der Waals surface area contributed by atoms with Crippen LogP contribution < -0.4 is 5.32 Å². The van der Waals surface area contributed by atoms with Crippen molar-refractivity contribution in [1.29, 1.82) is 0 Å². The molecule has 0 saturated heterocycles. The van der Waals surface area contributed by atoms with Gasteiger partial charge in [0.2, 0.25) is 0 Å². The van der Waals surface area contributed by atoms with Gasteiger partial charge in [0, 0.05) is 12.6 Å². The number of carbonyl (C=O) groups excluding carboxylic acids is 1. The lowest BCUT2D eigenvalue weighted by Crippen LogP contribution is -2.18. The van der Waals surface area contributed by atoms with Gasteiger partial charge in [-0.05, 0) is 6.42 Å². The molecule has 0 aliphatic rings. The summed E-state index contributed by atoms with van der Waals surface area (Å²) in [4.78, 5) is 10.9. The SMILES string of the molecule is C=C/C(=C/CC)C(=O)NC. The molecule has 0 saturated carbocycles. The highest BCUT2D eigenvalue weighted by Crippen LogP contribution is 1.96. The fourth-order valence-corrected chi connectivity index (χ4v) is 0.633. The molecule has 0 spiro atoms. The smallest absolute Gasteiger partial charge is 0.250 e. The molecule has 2 heteroatoms. The van der Waals surface area contributed by atoms with Crippen LogP contribution in [0.4, 0.5) is 0 Å². The van der Waals surface area contributed by atoms with E-state index in [9.17, 15) is 4.79 Å². The Hall–Kier alpha value is -1.05. The van der Waals surface area contributed by atoms with Crippen molar-refractivity contribution >= 4 is 5.91 Å². The molecule has 0 radical (unpaired) electrons. The summed E-state index contributed by atoms with van der Waals surface area (Å²) in [5, 5.41) is 2.52. The molecule has 0 bridgehead atoms. The Morgan fingerprint density at radius 2 is 2.30 bits per heavy atom. The molecule has 0 aliphatic carbocycles. The van der Waals surface area contributed by atoms with Gasteiger partial charge >= 0.3 is 0 Å². The number of carbonyl (C=O) groups is 1. The molecule has 1 amide bonds. The predicted molar refractivity (Wildman–Crippen MR) is 42.6 cm³/mol. The Kier molecular flexibility index (Phi) is 4.29. The topological polar surface area (TPSA) is 29.1 Å². The van der Waals surface area contributed by atoms with Crippen LogP contribution in [0.3, 0.4) is 0 Å². The lowest BCUT2D eigenvalue weighted by molar-refractivity contribution is -0.116. The number of rotatable bonds is 3. The highest BCUT2D eigenvalue weighted by atomic mass is 16.1. The average molecular weight is 139 g/mol. The quantitative estimate of drug-likeness (QED) is 0.463. The summed E-state index contributed by atoms with van der Waals surface area (Å²) >= 11 is 0. The van der Waals surface area contributed by atoms with Crippen LogP contribution in [0.2, 0.25) is 0 Å². The summed E-state index contributed by atoms with van der Waals surface area (Å²) in [5.41, 5.74) is 0.644. The van der Waals surface area contributed by atoms with Crippen molar-refractivity contribution in [2.45, 2.75) is 13.3 Å². The summed E-state index contributed by atoms with van der Waals surface area (Å²) in [7, 11) is 1.61. The van der Waals surface area contributed by atoms with E-state index >= 15 is 0 Å². The maximum Gasteiger partial charge on any atom is 0.250 e. The Labute approximate surface area is 61.6 Å². The van der Waals surface area contributed by atoms with E-state index < -0.39 is 0 Å². The van der Waals surface area contributed by atoms with E-state index in [1.165, 1.54) is 0 Å². The molecule has 0 unspecified atom stereocenters. The zero-order valence-corrected chi connectivity index (χ0v) is 6.48. The molecule has 10 heavy (non-hydrogen) atoms. The second-order valence-corrected chi connectivity index (χ2v) is 1.85. The summed E-state index contributed by atoms with van der Waals surface area (Å²) in [6, 6.07) is 0. The fourth-order valence-electron chi connectivity index (χ4n) is 0.633. The Morgan fingerprint density at radius 3 is 2.60 bits per heavy atom. The van der Waals surface area contributed by atoms with Crippen molar-refractivity contribution < 1.29 is 4.79 Å². The third-order valence-electron chi connectivity index (χ3n) is 1.13. The predicted octanol–water partition coefficient (Wildman–Crippen LogP) is 1.25. The molecule has 0 aromatic rings. The molecular weight excluding hydrogens is 126 g/mol. The average Bonchev–Trinajstić information content (AvgIpc) is 1.99. The summed E-state index contributed by atoms with van der Waals surface area (Å²) in [6.07, 6.45) is 4.25. The van der Waals surface area contributed by atoms with Crippen molar-refractivity contribution in [2.75, 3.05) is 7.05 Å². The number of nitrogens with one attached hydrogen (secondary N) is 1. The van der Waals surface area contributed by atoms with Crippen LogP contribution in [0.25, 0.3) is 0 Å². The first-order valence-corrected chi connectivity index (χ1v) is 3.31. The molecule has 0 fully saturated rings. The highest BCUT2D eigenvalue weighted by molar-refractivity contribution is 5.95. The third-order valence-corrected chi connectivity index (χ3v) is 1.13. The van der Waals surface area contributed by atoms with Crippen LogP contribution in [0.15, 0.2) is 24.3 Å². The van der Waals surface area contributed by atoms with Gasteiger partial charge in [-0.15, -0.1) is 0 Å². The van der Waals surface area contributed by atoms with Gasteiger partial charge in [0.15, 0.2) is 0 Å². The number of hydrogen-bond donors (Lipinski definition) is 1. The first kappa shape index (κ1) is 8.95. The van der Waals surface area contributed by atoms with Gasteiger partial charge in [0.05, 0.1) is 0 Å². The molecule has 0 aliphatic heterocycles. The largest absolute Gasteiger partial charge is 0.355 e. The number of hydrogen-bond acceptors (Lipinski definition) is 1. The van der Waals surface area contributed by atoms with Gasteiger partial charge in [0.25, 0.3) is 5.91 Å². The molecule has 0 heterocycles. The van der Waals surface area contributed by atoms with Crippen molar-refractivity contribution in [3.8, 4) is 0 Å². The number of likely N-dealkylation sites (N-methyl/N-ethyl adjacent to an activating group) is 1. The van der Waals surface area contributed by atoms with E-state index in [0.717, 1.165) is 6.42 Å². The normalized spacial score (nSPS) is 10.8. The van der Waals surface area contributed by atoms with Crippen LogP contribution in [0.5, 0.6) is 0 Å². The van der Waals surface area contributed by atoms with Crippen molar-refractivity contribution in [3.05, 3.63) is 24.3 Å². The van der Waals surface area contributed by atoms with Crippen LogP contribution in [0.1, 0.15) is 13.3 Å². The first-order chi connectivity index (χ1) is 4.76. The van der Waals surface area contributed by atoms with Crippen LogP contribution in [-0.2, 0) is 4.79 Å². The van der Waals surface area contributed by atoms with Crippen molar-refractivity contribution in [1.82, 2.24) is 5.32 Å². The minimum atomic E-state index is -0.0724. The molecule has 56 valence electrons. The second-order valence-electron chi connectivity index (χ2n) is 1.85. The lowest BCUT2D eigenvalue weighted by Gasteiger charge is -1.97. The van der Waals surface area contributed by atoms with Crippen LogP contribution in [-0.4, -0.2) is 13.0 Å². The zero-order valence-electron chi connectivity index (χ0n) is 6.48. The van der Waals surface area contributed by atoms with Gasteiger partial charge in [-0.2, -0.15) is 0 Å². The van der Waals surface area contributed by atoms with E-state index in [-0.39, 0.29) is 5.91 Å². The summed E-state index contributed by atoms with van der Waals surface area (Å²) < 4.78 is 0. The Balaban J connectivity index is 4.20. The van der Waals surface area contributed by atoms with E-state index in [1.54, 1.807) is 13.1 Å². The van der Waals surface area contributed by atoms with Gasteiger partial charge in [-0.25, -0.2) is 0 Å². The Morgan fingerprint density at radius 1 is 1.70 bits per heavy atom. The molecule has 0 rings (SSSR count).